The number of piperazine rings is 1. The molecule has 0 atom stereocenters. The summed E-state index contributed by atoms with van der Waals surface area (Å²) in [5.74, 6) is 0. The molecule has 0 bridgehead atoms. The Balaban J connectivity index is 2.06. The quantitative estimate of drug-likeness (QED) is 0.490. The standard InChI is InChI=1S/C17H22F3N3O3/c1-16(2,3)26-15(24)23-9-7-22(8-10-23)13-6-4-5-12(11-13)14(21-25)17(18,19)20/h4-6,11,25H,7-10H2,1-3H3/b21-14+. The number of carbonyl (C=O) groups is 1. The number of amides is 1. The van der Waals surface area contributed by atoms with Gasteiger partial charge in [-0.2, -0.15) is 13.2 Å². The van der Waals surface area contributed by atoms with Gasteiger partial charge in [-0.15, -0.1) is 0 Å². The summed E-state index contributed by atoms with van der Waals surface area (Å²) in [6.07, 6.45) is -5.15. The molecule has 1 aliphatic rings. The third-order valence-corrected chi connectivity index (χ3v) is 3.78. The van der Waals surface area contributed by atoms with Gasteiger partial charge in [0.05, 0.1) is 0 Å². The lowest BCUT2D eigenvalue weighted by molar-refractivity contribution is -0.0601. The highest BCUT2D eigenvalue weighted by molar-refractivity contribution is 6.04. The molecule has 1 amide bonds. The minimum absolute atomic E-state index is 0.216. The van der Waals surface area contributed by atoms with Gasteiger partial charge in [-0.3, -0.25) is 0 Å². The third-order valence-electron chi connectivity index (χ3n) is 3.78. The second kappa shape index (κ2) is 7.43. The second-order valence-corrected chi connectivity index (χ2v) is 6.95. The first-order valence-electron chi connectivity index (χ1n) is 8.14. The van der Waals surface area contributed by atoms with E-state index in [2.05, 4.69) is 5.16 Å². The van der Waals surface area contributed by atoms with E-state index in [9.17, 15) is 18.0 Å². The maximum atomic E-state index is 12.9. The van der Waals surface area contributed by atoms with Gasteiger partial charge >= 0.3 is 12.3 Å². The summed E-state index contributed by atoms with van der Waals surface area (Å²) in [5, 5.41) is 11.1. The number of alkyl halides is 3. The van der Waals surface area contributed by atoms with Crippen LogP contribution in [0.25, 0.3) is 0 Å². The lowest BCUT2D eigenvalue weighted by Crippen LogP contribution is -2.50. The van der Waals surface area contributed by atoms with Crippen molar-refractivity contribution in [2.24, 2.45) is 5.16 Å². The molecule has 6 nitrogen and oxygen atoms in total. The van der Waals surface area contributed by atoms with Gasteiger partial charge in [-0.05, 0) is 32.9 Å². The lowest BCUT2D eigenvalue weighted by Gasteiger charge is -2.36. The van der Waals surface area contributed by atoms with Crippen LogP contribution in [-0.4, -0.2) is 59.9 Å². The molecule has 0 radical (unpaired) electrons. The molecule has 0 aromatic heterocycles. The highest BCUT2D eigenvalue weighted by Crippen LogP contribution is 2.26. The molecule has 1 fully saturated rings. The van der Waals surface area contributed by atoms with Gasteiger partial charge in [0.2, 0.25) is 0 Å². The lowest BCUT2D eigenvalue weighted by atomic mass is 10.1. The van der Waals surface area contributed by atoms with E-state index in [4.69, 9.17) is 9.94 Å². The molecule has 0 spiro atoms. The third kappa shape index (κ3) is 5.03. The number of benzene rings is 1. The minimum Gasteiger partial charge on any atom is -0.444 e. The molecule has 26 heavy (non-hydrogen) atoms. The summed E-state index contributed by atoms with van der Waals surface area (Å²) >= 11 is 0. The molecule has 0 aliphatic carbocycles. The summed E-state index contributed by atoms with van der Waals surface area (Å²) in [7, 11) is 0. The van der Waals surface area contributed by atoms with E-state index in [1.54, 1.807) is 31.7 Å². The highest BCUT2D eigenvalue weighted by Gasteiger charge is 2.38. The van der Waals surface area contributed by atoms with Gasteiger partial charge in [0.25, 0.3) is 0 Å². The number of ether oxygens (including phenoxy) is 1. The van der Waals surface area contributed by atoms with Crippen molar-refractivity contribution < 1.29 is 27.9 Å². The van der Waals surface area contributed by atoms with E-state index in [0.717, 1.165) is 0 Å². The zero-order valence-corrected chi connectivity index (χ0v) is 14.9. The molecule has 2 rings (SSSR count). The summed E-state index contributed by atoms with van der Waals surface area (Å²) in [6.45, 7) is 7.08. The number of nitrogens with zero attached hydrogens (tertiary/aromatic N) is 3. The van der Waals surface area contributed by atoms with Crippen molar-refractivity contribution in [3.8, 4) is 0 Å². The number of hydrogen-bond acceptors (Lipinski definition) is 5. The van der Waals surface area contributed by atoms with Gasteiger partial charge in [0, 0.05) is 37.4 Å². The Kier molecular flexibility index (Phi) is 5.68. The molecule has 144 valence electrons. The van der Waals surface area contributed by atoms with E-state index < -0.39 is 23.6 Å². The van der Waals surface area contributed by atoms with Crippen molar-refractivity contribution in [1.82, 2.24) is 4.90 Å². The fraction of sp³-hybridized carbons (Fsp3) is 0.529. The molecule has 0 saturated carbocycles. The number of rotatable bonds is 2. The largest absolute Gasteiger partial charge is 0.444 e. The van der Waals surface area contributed by atoms with E-state index in [1.807, 2.05) is 4.90 Å². The Morgan fingerprint density at radius 1 is 1.15 bits per heavy atom. The minimum atomic E-state index is -4.75. The van der Waals surface area contributed by atoms with Crippen molar-refractivity contribution in [2.75, 3.05) is 31.1 Å². The molecule has 1 aliphatic heterocycles. The molecular formula is C17H22F3N3O3. The molecule has 1 aromatic carbocycles. The Labute approximate surface area is 149 Å². The fourth-order valence-electron chi connectivity index (χ4n) is 2.60. The van der Waals surface area contributed by atoms with Gasteiger partial charge in [-0.1, -0.05) is 17.3 Å². The topological polar surface area (TPSA) is 65.4 Å². The number of carbonyl (C=O) groups excluding carboxylic acids is 1. The van der Waals surface area contributed by atoms with Crippen LogP contribution in [0, 0.1) is 0 Å². The monoisotopic (exact) mass is 373 g/mol. The van der Waals surface area contributed by atoms with Crippen LogP contribution in [0.3, 0.4) is 0 Å². The summed E-state index contributed by atoms with van der Waals surface area (Å²) in [4.78, 5) is 15.5. The van der Waals surface area contributed by atoms with Crippen molar-refractivity contribution in [1.29, 1.82) is 0 Å². The summed E-state index contributed by atoms with van der Waals surface area (Å²) in [5.41, 5.74) is -1.57. The maximum Gasteiger partial charge on any atom is 0.437 e. The Bertz CT molecular complexity index is 676. The maximum absolute atomic E-state index is 12.9. The van der Waals surface area contributed by atoms with Crippen LogP contribution < -0.4 is 4.90 Å². The molecule has 9 heteroatoms. The number of oxime groups is 1. The first-order valence-corrected chi connectivity index (χ1v) is 8.14. The normalized spacial score (nSPS) is 16.6. The van der Waals surface area contributed by atoms with Crippen LogP contribution in [0.5, 0.6) is 0 Å². The summed E-state index contributed by atoms with van der Waals surface area (Å²) < 4.78 is 44.0. The SMILES string of the molecule is CC(C)(C)OC(=O)N1CCN(c2cccc(/C(=N\O)C(F)(F)F)c2)CC1. The molecule has 1 saturated heterocycles. The van der Waals surface area contributed by atoms with Crippen LogP contribution >= 0.6 is 0 Å². The van der Waals surface area contributed by atoms with Crippen LogP contribution in [0.2, 0.25) is 0 Å². The Morgan fingerprint density at radius 3 is 2.27 bits per heavy atom. The van der Waals surface area contributed by atoms with Crippen molar-refractivity contribution in [2.45, 2.75) is 32.5 Å². The number of halogens is 3. The van der Waals surface area contributed by atoms with Crippen LogP contribution in [0.4, 0.5) is 23.7 Å². The predicted molar refractivity (Wildman–Crippen MR) is 90.8 cm³/mol. The van der Waals surface area contributed by atoms with E-state index in [1.165, 1.54) is 18.2 Å². The van der Waals surface area contributed by atoms with Gasteiger partial charge in [0.1, 0.15) is 5.60 Å². The summed E-state index contributed by atoms with van der Waals surface area (Å²) in [6, 6.07) is 5.72. The second-order valence-electron chi connectivity index (χ2n) is 6.95. The van der Waals surface area contributed by atoms with E-state index in [-0.39, 0.29) is 5.56 Å². The van der Waals surface area contributed by atoms with Gasteiger partial charge < -0.3 is 19.7 Å². The van der Waals surface area contributed by atoms with Crippen LogP contribution in [0.15, 0.2) is 29.4 Å². The van der Waals surface area contributed by atoms with Crippen molar-refractivity contribution in [3.05, 3.63) is 29.8 Å². The fourth-order valence-corrected chi connectivity index (χ4v) is 2.60. The smallest absolute Gasteiger partial charge is 0.437 e. The highest BCUT2D eigenvalue weighted by atomic mass is 19.4. The van der Waals surface area contributed by atoms with E-state index >= 15 is 0 Å². The Morgan fingerprint density at radius 2 is 1.77 bits per heavy atom. The van der Waals surface area contributed by atoms with Gasteiger partial charge in [-0.25, -0.2) is 4.79 Å². The van der Waals surface area contributed by atoms with Gasteiger partial charge in [0.15, 0.2) is 5.71 Å². The Hall–Kier alpha value is -2.45. The predicted octanol–water partition coefficient (Wildman–Crippen LogP) is 3.48. The van der Waals surface area contributed by atoms with Crippen molar-refractivity contribution in [3.63, 3.8) is 0 Å². The van der Waals surface area contributed by atoms with Crippen LogP contribution in [0.1, 0.15) is 26.3 Å². The molecule has 1 heterocycles. The number of hydrogen-bond donors (Lipinski definition) is 1. The zero-order chi connectivity index (χ0) is 19.5. The van der Waals surface area contributed by atoms with Crippen LogP contribution in [-0.2, 0) is 4.74 Å². The zero-order valence-electron chi connectivity index (χ0n) is 14.9. The first kappa shape index (κ1) is 19.9. The number of anilines is 1. The van der Waals surface area contributed by atoms with Crippen molar-refractivity contribution >= 4 is 17.5 Å². The molecule has 0 unspecified atom stereocenters. The molecule has 1 aromatic rings. The molecule has 1 N–H and O–H groups in total. The van der Waals surface area contributed by atoms with E-state index in [0.29, 0.717) is 31.9 Å². The average Bonchev–Trinajstić information content (AvgIpc) is 2.53. The molecular weight excluding hydrogens is 351 g/mol. The first-order chi connectivity index (χ1) is 12.0. The average molecular weight is 373 g/mol.